The SMILES string of the molecule is c1cc2ccc3c4cocc4c4ccc5ccc1c1c2c3c4c51. The monoisotopic (exact) mass is 290 g/mol. The van der Waals surface area contributed by atoms with E-state index >= 15 is 0 Å². The molecule has 0 aliphatic heterocycles. The summed E-state index contributed by atoms with van der Waals surface area (Å²) in [6.07, 6.45) is 3.78. The van der Waals surface area contributed by atoms with E-state index in [0.717, 1.165) is 0 Å². The minimum Gasteiger partial charge on any atom is -0.471 e. The van der Waals surface area contributed by atoms with Crippen molar-refractivity contribution < 1.29 is 4.42 Å². The van der Waals surface area contributed by atoms with Crippen LogP contribution in [0.3, 0.4) is 0 Å². The largest absolute Gasteiger partial charge is 0.471 e. The first-order valence-corrected chi connectivity index (χ1v) is 7.94. The van der Waals surface area contributed by atoms with Crippen LogP contribution in [0, 0.1) is 0 Å². The fourth-order valence-corrected chi connectivity index (χ4v) is 4.73. The van der Waals surface area contributed by atoms with Gasteiger partial charge in [0.05, 0.1) is 12.5 Å². The van der Waals surface area contributed by atoms with Gasteiger partial charge in [0.15, 0.2) is 0 Å². The normalized spacial score (nSPS) is 13.2. The zero-order valence-corrected chi connectivity index (χ0v) is 12.2. The molecule has 1 aromatic heterocycles. The molecule has 0 spiro atoms. The summed E-state index contributed by atoms with van der Waals surface area (Å²) in [5, 5.41) is 16.1. The second kappa shape index (κ2) is 3.16. The van der Waals surface area contributed by atoms with Gasteiger partial charge in [0.2, 0.25) is 0 Å². The van der Waals surface area contributed by atoms with Crippen LogP contribution in [0.2, 0.25) is 0 Å². The van der Waals surface area contributed by atoms with E-state index in [1.807, 2.05) is 12.5 Å². The number of rotatable bonds is 0. The Bertz CT molecular complexity index is 1390. The van der Waals surface area contributed by atoms with E-state index in [1.54, 1.807) is 0 Å². The third-order valence-corrected chi connectivity index (χ3v) is 5.64. The van der Waals surface area contributed by atoms with E-state index < -0.39 is 0 Å². The van der Waals surface area contributed by atoms with Crippen molar-refractivity contribution in [2.75, 3.05) is 0 Å². The van der Waals surface area contributed by atoms with Gasteiger partial charge < -0.3 is 4.42 Å². The number of fused-ring (bicyclic) bond motifs is 3. The highest BCUT2D eigenvalue weighted by molar-refractivity contribution is 6.48. The zero-order valence-electron chi connectivity index (χ0n) is 12.2. The minimum atomic E-state index is 1.22. The van der Waals surface area contributed by atoms with Crippen molar-refractivity contribution in [2.45, 2.75) is 0 Å². The molecule has 0 amide bonds. The van der Waals surface area contributed by atoms with E-state index in [0.29, 0.717) is 0 Å². The molecule has 1 heteroatoms. The van der Waals surface area contributed by atoms with Crippen molar-refractivity contribution in [1.82, 2.24) is 0 Å². The molecule has 0 unspecified atom stereocenters. The van der Waals surface area contributed by atoms with Crippen LogP contribution in [-0.4, -0.2) is 0 Å². The Morgan fingerprint density at radius 2 is 0.783 bits per heavy atom. The summed E-state index contributed by atoms with van der Waals surface area (Å²) in [5.74, 6) is 0. The topological polar surface area (TPSA) is 13.1 Å². The fourth-order valence-electron chi connectivity index (χ4n) is 4.73. The fraction of sp³-hybridized carbons (Fsp3) is 0. The second-order valence-corrected chi connectivity index (χ2v) is 6.60. The summed E-state index contributed by atoms with van der Waals surface area (Å²) in [7, 11) is 0. The first-order chi connectivity index (χ1) is 11.4. The number of furan rings is 1. The van der Waals surface area contributed by atoms with E-state index in [-0.39, 0.29) is 0 Å². The summed E-state index contributed by atoms with van der Waals surface area (Å²) >= 11 is 0. The van der Waals surface area contributed by atoms with Crippen molar-refractivity contribution >= 4 is 64.6 Å². The predicted octanol–water partition coefficient (Wildman–Crippen LogP) is 6.51. The molecule has 0 aliphatic carbocycles. The Kier molecular flexibility index (Phi) is 1.46. The Morgan fingerprint density at radius 3 is 1.26 bits per heavy atom. The van der Waals surface area contributed by atoms with Crippen LogP contribution in [-0.2, 0) is 0 Å². The summed E-state index contributed by atoms with van der Waals surface area (Å²) in [4.78, 5) is 0. The first-order valence-electron chi connectivity index (χ1n) is 7.94. The molecule has 6 aromatic carbocycles. The number of benzene rings is 5. The summed E-state index contributed by atoms with van der Waals surface area (Å²) in [6, 6.07) is 18.0. The van der Waals surface area contributed by atoms with Crippen LogP contribution in [0.5, 0.6) is 0 Å². The Labute approximate surface area is 130 Å². The van der Waals surface area contributed by atoms with Gasteiger partial charge >= 0.3 is 0 Å². The molecule has 0 bridgehead atoms. The highest BCUT2D eigenvalue weighted by Gasteiger charge is 2.22. The van der Waals surface area contributed by atoms with E-state index in [4.69, 9.17) is 4.42 Å². The van der Waals surface area contributed by atoms with Crippen LogP contribution >= 0.6 is 0 Å². The van der Waals surface area contributed by atoms with Gasteiger partial charge in [0.25, 0.3) is 0 Å². The van der Waals surface area contributed by atoms with Crippen molar-refractivity contribution in [3.8, 4) is 0 Å². The molecule has 23 heavy (non-hydrogen) atoms. The zero-order chi connectivity index (χ0) is 14.7. The molecule has 1 nitrogen and oxygen atoms in total. The van der Waals surface area contributed by atoms with Crippen LogP contribution in [0.25, 0.3) is 64.6 Å². The molecule has 0 atom stereocenters. The maximum absolute atomic E-state index is 5.56. The lowest BCUT2D eigenvalue weighted by molar-refractivity contribution is 0.573. The van der Waals surface area contributed by atoms with Gasteiger partial charge in [0.1, 0.15) is 0 Å². The van der Waals surface area contributed by atoms with Gasteiger partial charge in [0, 0.05) is 10.8 Å². The maximum Gasteiger partial charge on any atom is 0.0987 e. The smallest absolute Gasteiger partial charge is 0.0987 e. The lowest BCUT2D eigenvalue weighted by Crippen LogP contribution is -1.79. The molecular formula is C22H10O. The van der Waals surface area contributed by atoms with Gasteiger partial charge in [-0.15, -0.1) is 0 Å². The van der Waals surface area contributed by atoms with Crippen LogP contribution in [0.15, 0.2) is 65.5 Å². The van der Waals surface area contributed by atoms with Gasteiger partial charge in [-0.1, -0.05) is 48.5 Å². The molecule has 104 valence electrons. The first kappa shape index (κ1) is 10.6. The van der Waals surface area contributed by atoms with Gasteiger partial charge in [-0.25, -0.2) is 0 Å². The molecular weight excluding hydrogens is 280 g/mol. The summed E-state index contributed by atoms with van der Waals surface area (Å²) in [5.41, 5.74) is 0. The lowest BCUT2D eigenvalue weighted by atomic mass is 9.95. The average molecular weight is 290 g/mol. The van der Waals surface area contributed by atoms with Gasteiger partial charge in [-0.2, -0.15) is 0 Å². The molecule has 7 rings (SSSR count). The van der Waals surface area contributed by atoms with E-state index in [9.17, 15) is 0 Å². The van der Waals surface area contributed by atoms with Crippen molar-refractivity contribution in [1.29, 1.82) is 0 Å². The average Bonchev–Trinajstić information content (AvgIpc) is 3.22. The predicted molar refractivity (Wildman–Crippen MR) is 97.3 cm³/mol. The highest BCUT2D eigenvalue weighted by atomic mass is 16.3. The van der Waals surface area contributed by atoms with Crippen LogP contribution < -0.4 is 0 Å². The standard InChI is InChI=1S/C22H10O/c1-3-12-5-7-14-16-9-23-10-17(16)15-8-6-13-4-2-11(1)18-19(12)21(14)22(15)20(13)18/h1-10H. The quantitative estimate of drug-likeness (QED) is 0.290. The Hall–Kier alpha value is -3.06. The van der Waals surface area contributed by atoms with Crippen LogP contribution in [0.1, 0.15) is 0 Å². The third-order valence-electron chi connectivity index (χ3n) is 5.64. The van der Waals surface area contributed by atoms with Crippen LogP contribution in [0.4, 0.5) is 0 Å². The Balaban J connectivity index is 2.12. The van der Waals surface area contributed by atoms with Gasteiger partial charge in [-0.3, -0.25) is 0 Å². The molecule has 0 saturated carbocycles. The molecule has 0 N–H and O–H groups in total. The minimum absolute atomic E-state index is 1.22. The maximum atomic E-state index is 5.56. The summed E-state index contributed by atoms with van der Waals surface area (Å²) < 4.78 is 5.56. The molecule has 7 aromatic rings. The Morgan fingerprint density at radius 1 is 0.391 bits per heavy atom. The molecule has 1 heterocycles. The van der Waals surface area contributed by atoms with Crippen molar-refractivity contribution in [3.05, 3.63) is 61.1 Å². The van der Waals surface area contributed by atoms with Crippen molar-refractivity contribution in [2.24, 2.45) is 0 Å². The molecule has 0 radical (unpaired) electrons. The van der Waals surface area contributed by atoms with E-state index in [1.165, 1.54) is 64.6 Å². The molecule has 0 saturated heterocycles. The second-order valence-electron chi connectivity index (χ2n) is 6.60. The third kappa shape index (κ3) is 0.968. The molecule has 0 aliphatic rings. The van der Waals surface area contributed by atoms with Gasteiger partial charge in [-0.05, 0) is 53.9 Å². The van der Waals surface area contributed by atoms with Crippen molar-refractivity contribution in [3.63, 3.8) is 0 Å². The lowest BCUT2D eigenvalue weighted by Gasteiger charge is -2.06. The highest BCUT2D eigenvalue weighted by Crippen LogP contribution is 2.50. The summed E-state index contributed by atoms with van der Waals surface area (Å²) in [6.45, 7) is 0. The number of hydrogen-bond donors (Lipinski definition) is 0. The van der Waals surface area contributed by atoms with E-state index in [2.05, 4.69) is 48.5 Å². The molecule has 0 fully saturated rings. The number of hydrogen-bond acceptors (Lipinski definition) is 1.